The summed E-state index contributed by atoms with van der Waals surface area (Å²) in [5.41, 5.74) is -0.629. The third-order valence-electron chi connectivity index (χ3n) is 4.24. The van der Waals surface area contributed by atoms with Crippen molar-refractivity contribution < 1.29 is 14.3 Å². The molecule has 1 aromatic heterocycles. The number of carbonyl (C=O) groups is 2. The third kappa shape index (κ3) is 7.73. The van der Waals surface area contributed by atoms with Crippen molar-refractivity contribution in [2.24, 2.45) is 5.92 Å². The van der Waals surface area contributed by atoms with E-state index >= 15 is 0 Å². The molecule has 0 spiro atoms. The molecule has 1 heterocycles. The summed E-state index contributed by atoms with van der Waals surface area (Å²) in [6.07, 6.45) is 7.17. The van der Waals surface area contributed by atoms with Crippen LogP contribution in [0.2, 0.25) is 0 Å². The van der Waals surface area contributed by atoms with E-state index in [1.165, 1.54) is 12.6 Å². The lowest BCUT2D eigenvalue weighted by Gasteiger charge is -2.27. The lowest BCUT2D eigenvalue weighted by atomic mass is 9.84. The Hall–Kier alpha value is -1.22. The fourth-order valence-electron chi connectivity index (χ4n) is 3.07. The van der Waals surface area contributed by atoms with Gasteiger partial charge in [0.1, 0.15) is 20.8 Å². The van der Waals surface area contributed by atoms with Gasteiger partial charge in [-0.3, -0.25) is 4.79 Å². The molecule has 1 aromatic rings. The maximum absolute atomic E-state index is 12.8. The third-order valence-corrected chi connectivity index (χ3v) is 5.18. The van der Waals surface area contributed by atoms with Crippen LogP contribution in [0, 0.1) is 5.92 Å². The van der Waals surface area contributed by atoms with Gasteiger partial charge in [-0.2, -0.15) is 0 Å². The number of carbonyl (C=O) groups excluding carboxylic acids is 2. The van der Waals surface area contributed by atoms with Gasteiger partial charge in [-0.25, -0.2) is 14.8 Å². The van der Waals surface area contributed by atoms with E-state index in [0.29, 0.717) is 27.4 Å². The number of rotatable bonds is 5. The minimum atomic E-state index is -0.694. The minimum Gasteiger partial charge on any atom is -0.444 e. The van der Waals surface area contributed by atoms with Crippen LogP contribution in [0.4, 0.5) is 10.6 Å². The van der Waals surface area contributed by atoms with Gasteiger partial charge in [0.15, 0.2) is 5.82 Å². The first kappa shape index (κ1) is 22.1. The lowest BCUT2D eigenvalue weighted by Crippen LogP contribution is -2.47. The van der Waals surface area contributed by atoms with Gasteiger partial charge in [0, 0.05) is 0 Å². The maximum atomic E-state index is 12.8. The topological polar surface area (TPSA) is 93.2 Å². The number of anilines is 1. The Labute approximate surface area is 176 Å². The van der Waals surface area contributed by atoms with Gasteiger partial charge in [-0.05, 0) is 65.0 Å². The highest BCUT2D eigenvalue weighted by Crippen LogP contribution is 2.28. The Morgan fingerprint density at radius 2 is 1.93 bits per heavy atom. The number of hydrogen-bond donors (Lipinski definition) is 2. The van der Waals surface area contributed by atoms with Gasteiger partial charge in [-0.1, -0.05) is 32.1 Å². The number of ether oxygens (including phenoxy) is 1. The van der Waals surface area contributed by atoms with Crippen molar-refractivity contribution >= 4 is 49.7 Å². The van der Waals surface area contributed by atoms with Gasteiger partial charge in [0.2, 0.25) is 5.91 Å². The highest BCUT2D eigenvalue weighted by molar-refractivity contribution is 9.11. The Kier molecular flexibility index (Phi) is 8.03. The van der Waals surface area contributed by atoms with Gasteiger partial charge >= 0.3 is 6.09 Å². The van der Waals surface area contributed by atoms with E-state index in [1.54, 1.807) is 20.8 Å². The average Bonchev–Trinajstić information content (AvgIpc) is 2.56. The molecule has 1 atom stereocenters. The van der Waals surface area contributed by atoms with E-state index in [-0.39, 0.29) is 5.91 Å². The molecule has 0 unspecified atom stereocenters. The molecule has 1 saturated carbocycles. The molecule has 0 aliphatic heterocycles. The molecule has 7 nitrogen and oxygen atoms in total. The highest BCUT2D eigenvalue weighted by atomic mass is 79.9. The van der Waals surface area contributed by atoms with E-state index < -0.39 is 17.7 Å². The Morgan fingerprint density at radius 3 is 2.52 bits per heavy atom. The molecule has 0 saturated heterocycles. The largest absolute Gasteiger partial charge is 0.444 e. The fourth-order valence-corrected chi connectivity index (χ4v) is 3.98. The summed E-state index contributed by atoms with van der Waals surface area (Å²) in [6, 6.07) is -0.694. The molecule has 2 amide bonds. The Balaban J connectivity index is 2.08. The predicted molar refractivity (Wildman–Crippen MR) is 110 cm³/mol. The molecule has 150 valence electrons. The molecule has 27 heavy (non-hydrogen) atoms. The standard InChI is InChI=1S/C18H26Br2N4O3/c1-18(2,3)27-17(26)22-12(9-11-7-5-4-6-8-11)16(25)24-15-14(20)23-13(19)10-21-15/h10-12H,4-9H2,1-3H3,(H,22,26)(H,21,24,25)/t12-/m1/s1. The zero-order chi connectivity index (χ0) is 20.0. The van der Waals surface area contributed by atoms with Crippen LogP contribution in [-0.4, -0.2) is 33.6 Å². The van der Waals surface area contributed by atoms with Crippen LogP contribution in [0.5, 0.6) is 0 Å². The van der Waals surface area contributed by atoms with E-state index in [1.807, 2.05) is 0 Å². The molecule has 0 bridgehead atoms. The van der Waals surface area contributed by atoms with Crippen LogP contribution >= 0.6 is 31.9 Å². The van der Waals surface area contributed by atoms with E-state index in [4.69, 9.17) is 4.74 Å². The van der Waals surface area contributed by atoms with Crippen LogP contribution in [-0.2, 0) is 9.53 Å². The zero-order valence-corrected chi connectivity index (χ0v) is 19.0. The number of alkyl carbamates (subject to hydrolysis) is 1. The molecule has 0 radical (unpaired) electrons. The normalized spacial score (nSPS) is 16.5. The van der Waals surface area contributed by atoms with Crippen molar-refractivity contribution in [1.29, 1.82) is 0 Å². The van der Waals surface area contributed by atoms with Crippen LogP contribution in [0.1, 0.15) is 59.3 Å². The van der Waals surface area contributed by atoms with Crippen LogP contribution in [0.3, 0.4) is 0 Å². The number of nitrogens with zero attached hydrogens (tertiary/aromatic N) is 2. The van der Waals surface area contributed by atoms with Gasteiger partial charge in [0.05, 0.1) is 6.20 Å². The summed E-state index contributed by atoms with van der Waals surface area (Å²) in [6.45, 7) is 5.37. The second-order valence-corrected chi connectivity index (χ2v) is 9.32. The first-order valence-electron chi connectivity index (χ1n) is 9.12. The van der Waals surface area contributed by atoms with Crippen LogP contribution in [0.25, 0.3) is 0 Å². The highest BCUT2D eigenvalue weighted by Gasteiger charge is 2.28. The Morgan fingerprint density at radius 1 is 1.26 bits per heavy atom. The number of amides is 2. The maximum Gasteiger partial charge on any atom is 0.408 e. The van der Waals surface area contributed by atoms with E-state index in [9.17, 15) is 9.59 Å². The second-order valence-electron chi connectivity index (χ2n) is 7.76. The number of aromatic nitrogens is 2. The molecular weight excluding hydrogens is 480 g/mol. The van der Waals surface area contributed by atoms with E-state index in [0.717, 1.165) is 25.7 Å². The zero-order valence-electron chi connectivity index (χ0n) is 15.8. The first-order chi connectivity index (χ1) is 12.6. The monoisotopic (exact) mass is 504 g/mol. The van der Waals surface area contributed by atoms with E-state index in [2.05, 4.69) is 52.5 Å². The molecule has 2 rings (SSSR count). The van der Waals surface area contributed by atoms with Crippen molar-refractivity contribution in [1.82, 2.24) is 15.3 Å². The quantitative estimate of drug-likeness (QED) is 0.599. The molecule has 1 aliphatic carbocycles. The molecule has 2 N–H and O–H groups in total. The molecule has 9 heteroatoms. The molecule has 0 aromatic carbocycles. The van der Waals surface area contributed by atoms with Gasteiger partial charge in [-0.15, -0.1) is 0 Å². The fraction of sp³-hybridized carbons (Fsp3) is 0.667. The van der Waals surface area contributed by atoms with Crippen molar-refractivity contribution in [3.05, 3.63) is 15.4 Å². The van der Waals surface area contributed by atoms with Crippen molar-refractivity contribution in [2.45, 2.75) is 70.9 Å². The number of halogens is 2. The molecule has 1 aliphatic rings. The molecular formula is C18H26Br2N4O3. The first-order valence-corrected chi connectivity index (χ1v) is 10.7. The second kappa shape index (κ2) is 9.82. The summed E-state index contributed by atoms with van der Waals surface area (Å²) < 4.78 is 6.29. The predicted octanol–water partition coefficient (Wildman–Crippen LogP) is 4.80. The summed E-state index contributed by atoms with van der Waals surface area (Å²) in [5, 5.41) is 5.47. The molecule has 1 fully saturated rings. The van der Waals surface area contributed by atoms with Crippen LogP contribution < -0.4 is 10.6 Å². The Bertz CT molecular complexity index is 673. The van der Waals surface area contributed by atoms with Crippen molar-refractivity contribution in [2.75, 3.05) is 5.32 Å². The average molecular weight is 506 g/mol. The van der Waals surface area contributed by atoms with Crippen molar-refractivity contribution in [3.63, 3.8) is 0 Å². The lowest BCUT2D eigenvalue weighted by molar-refractivity contribution is -0.118. The van der Waals surface area contributed by atoms with Gasteiger partial charge < -0.3 is 15.4 Å². The number of nitrogens with one attached hydrogen (secondary N) is 2. The van der Waals surface area contributed by atoms with Gasteiger partial charge in [0.25, 0.3) is 0 Å². The summed E-state index contributed by atoms with van der Waals surface area (Å²) in [7, 11) is 0. The smallest absolute Gasteiger partial charge is 0.408 e. The van der Waals surface area contributed by atoms with Crippen molar-refractivity contribution in [3.8, 4) is 0 Å². The number of hydrogen-bond acceptors (Lipinski definition) is 5. The minimum absolute atomic E-state index is 0.308. The summed E-state index contributed by atoms with van der Waals surface area (Å²) in [5.74, 6) is 0.385. The summed E-state index contributed by atoms with van der Waals surface area (Å²) in [4.78, 5) is 33.4. The summed E-state index contributed by atoms with van der Waals surface area (Å²) >= 11 is 6.51. The van der Waals surface area contributed by atoms with Crippen LogP contribution in [0.15, 0.2) is 15.4 Å². The SMILES string of the molecule is CC(C)(C)OC(=O)N[C@H](CC1CCCCC1)C(=O)Nc1ncc(Br)nc1Br.